The second-order valence-electron chi connectivity index (χ2n) is 2.97. The Hall–Kier alpha value is -1.50. The van der Waals surface area contributed by atoms with E-state index in [1.165, 1.54) is 17.7 Å². The van der Waals surface area contributed by atoms with Gasteiger partial charge in [0.1, 0.15) is 17.3 Å². The van der Waals surface area contributed by atoms with Crippen molar-refractivity contribution in [2.24, 2.45) is 0 Å². The Kier molecular flexibility index (Phi) is 2.63. The lowest BCUT2D eigenvalue weighted by atomic mass is 10.2. The zero-order valence-electron chi connectivity index (χ0n) is 8.38. The molecule has 0 bridgehead atoms. The molecule has 0 saturated carbocycles. The Morgan fingerprint density at radius 2 is 2.53 bits per heavy atom. The maximum absolute atomic E-state index is 11.4. The minimum absolute atomic E-state index is 0.262. The van der Waals surface area contributed by atoms with Crippen LogP contribution in [0.15, 0.2) is 6.33 Å². The summed E-state index contributed by atoms with van der Waals surface area (Å²) in [5, 5.41) is 12.4. The molecule has 0 aliphatic heterocycles. The van der Waals surface area contributed by atoms with Gasteiger partial charge < -0.3 is 4.74 Å². The van der Waals surface area contributed by atoms with E-state index in [4.69, 9.17) is 4.74 Å². The number of hydrogen-bond donors (Lipinski definition) is 0. The summed E-state index contributed by atoms with van der Waals surface area (Å²) in [5.41, 5.74) is 0. The molecule has 0 saturated heterocycles. The van der Waals surface area contributed by atoms with Gasteiger partial charge in [0.15, 0.2) is 0 Å². The molecule has 2 aromatic heterocycles. The van der Waals surface area contributed by atoms with Crippen molar-refractivity contribution in [3.63, 3.8) is 0 Å². The lowest BCUT2D eigenvalue weighted by molar-refractivity contribution is -0.144. The fourth-order valence-electron chi connectivity index (χ4n) is 1.12. The molecular weight excluding hydrogens is 216 g/mol. The molecule has 1 atom stereocenters. The van der Waals surface area contributed by atoms with Crippen molar-refractivity contribution in [3.05, 3.63) is 11.3 Å². The van der Waals surface area contributed by atoms with Crippen LogP contribution < -0.4 is 0 Å². The molecule has 2 heterocycles. The summed E-state index contributed by atoms with van der Waals surface area (Å²) >= 11 is 1.34. The van der Waals surface area contributed by atoms with Crippen molar-refractivity contribution in [3.8, 4) is 0 Å². The van der Waals surface area contributed by atoms with Gasteiger partial charge in [-0.05, 0) is 13.8 Å². The Bertz CT molecular complexity index is 449. The van der Waals surface area contributed by atoms with Crippen LogP contribution >= 0.6 is 11.3 Å². The van der Waals surface area contributed by atoms with E-state index in [-0.39, 0.29) is 11.9 Å². The number of esters is 1. The van der Waals surface area contributed by atoms with Crippen LogP contribution in [0.3, 0.4) is 0 Å². The molecule has 0 amide bonds. The second kappa shape index (κ2) is 3.93. The predicted molar refractivity (Wildman–Crippen MR) is 53.7 cm³/mol. The average molecular weight is 226 g/mol. The fraction of sp³-hybridized carbons (Fsp3) is 0.500. The highest BCUT2D eigenvalue weighted by molar-refractivity contribution is 7.16. The van der Waals surface area contributed by atoms with Crippen molar-refractivity contribution < 1.29 is 9.53 Å². The van der Waals surface area contributed by atoms with Crippen molar-refractivity contribution in [1.29, 1.82) is 0 Å². The highest BCUT2D eigenvalue weighted by Crippen LogP contribution is 2.21. The van der Waals surface area contributed by atoms with Crippen LogP contribution in [0.5, 0.6) is 0 Å². The molecule has 0 aromatic carbocycles. The standard InChI is InChI=1S/C8H10N4O2S/c1-3-14-7(13)5(2)6-11-12-4-9-10-8(12)15-6/h4-5H,3H2,1-2H3. The van der Waals surface area contributed by atoms with Crippen molar-refractivity contribution in [1.82, 2.24) is 19.8 Å². The van der Waals surface area contributed by atoms with E-state index in [1.54, 1.807) is 18.4 Å². The van der Waals surface area contributed by atoms with E-state index in [9.17, 15) is 4.79 Å². The van der Waals surface area contributed by atoms with Gasteiger partial charge in [0.2, 0.25) is 4.96 Å². The summed E-state index contributed by atoms with van der Waals surface area (Å²) in [7, 11) is 0. The molecule has 0 aliphatic carbocycles. The SMILES string of the molecule is CCOC(=O)C(C)c1nn2cnnc2s1. The van der Waals surface area contributed by atoms with Gasteiger partial charge in [0, 0.05) is 0 Å². The maximum Gasteiger partial charge on any atom is 0.315 e. The monoisotopic (exact) mass is 226 g/mol. The first-order valence-electron chi connectivity index (χ1n) is 4.55. The minimum atomic E-state index is -0.350. The molecule has 0 fully saturated rings. The molecule has 6 nitrogen and oxygen atoms in total. The molecule has 0 aliphatic rings. The Balaban J connectivity index is 2.23. The smallest absolute Gasteiger partial charge is 0.315 e. The zero-order chi connectivity index (χ0) is 10.8. The third-order valence-electron chi connectivity index (χ3n) is 1.91. The highest BCUT2D eigenvalue weighted by Gasteiger charge is 2.21. The van der Waals surface area contributed by atoms with E-state index in [0.29, 0.717) is 16.6 Å². The summed E-state index contributed by atoms with van der Waals surface area (Å²) in [4.78, 5) is 12.1. The molecular formula is C8H10N4O2S. The average Bonchev–Trinajstić information content (AvgIpc) is 2.75. The van der Waals surface area contributed by atoms with Crippen LogP contribution in [-0.2, 0) is 9.53 Å². The van der Waals surface area contributed by atoms with Gasteiger partial charge in [0.05, 0.1) is 6.61 Å². The fourth-order valence-corrected chi connectivity index (χ4v) is 1.98. The van der Waals surface area contributed by atoms with Gasteiger partial charge in [0.25, 0.3) is 0 Å². The zero-order valence-corrected chi connectivity index (χ0v) is 9.19. The van der Waals surface area contributed by atoms with Gasteiger partial charge in [-0.15, -0.1) is 10.2 Å². The van der Waals surface area contributed by atoms with Gasteiger partial charge in [-0.2, -0.15) is 9.61 Å². The van der Waals surface area contributed by atoms with E-state index in [2.05, 4.69) is 15.3 Å². The van der Waals surface area contributed by atoms with Crippen LogP contribution in [0.2, 0.25) is 0 Å². The molecule has 80 valence electrons. The molecule has 1 unspecified atom stereocenters. The van der Waals surface area contributed by atoms with E-state index in [0.717, 1.165) is 0 Å². The number of fused-ring (bicyclic) bond motifs is 1. The number of aromatic nitrogens is 4. The summed E-state index contributed by atoms with van der Waals surface area (Å²) in [6, 6.07) is 0. The summed E-state index contributed by atoms with van der Waals surface area (Å²) in [5.74, 6) is -0.612. The Morgan fingerprint density at radius 1 is 1.73 bits per heavy atom. The normalized spacial score (nSPS) is 12.9. The van der Waals surface area contributed by atoms with Crippen LogP contribution in [-0.4, -0.2) is 32.4 Å². The van der Waals surface area contributed by atoms with Crippen molar-refractivity contribution in [2.75, 3.05) is 6.61 Å². The van der Waals surface area contributed by atoms with Gasteiger partial charge in [-0.25, -0.2) is 0 Å². The van der Waals surface area contributed by atoms with E-state index >= 15 is 0 Å². The maximum atomic E-state index is 11.4. The number of carbonyl (C=O) groups excluding carboxylic acids is 1. The molecule has 0 radical (unpaired) electrons. The molecule has 15 heavy (non-hydrogen) atoms. The molecule has 0 spiro atoms. The lowest BCUT2D eigenvalue weighted by Crippen LogP contribution is -2.12. The van der Waals surface area contributed by atoms with Crippen molar-refractivity contribution in [2.45, 2.75) is 19.8 Å². The number of rotatable bonds is 3. The number of nitrogens with zero attached hydrogens (tertiary/aromatic N) is 4. The quantitative estimate of drug-likeness (QED) is 0.726. The first kappa shape index (κ1) is 10.0. The number of ether oxygens (including phenoxy) is 1. The number of hydrogen-bond acceptors (Lipinski definition) is 6. The molecule has 7 heteroatoms. The summed E-state index contributed by atoms with van der Waals surface area (Å²) in [6.45, 7) is 3.93. The number of carbonyl (C=O) groups is 1. The molecule has 2 aromatic rings. The van der Waals surface area contributed by atoms with Crippen LogP contribution in [0.1, 0.15) is 24.8 Å². The third-order valence-corrected chi connectivity index (χ3v) is 3.01. The van der Waals surface area contributed by atoms with E-state index in [1.807, 2.05) is 0 Å². The first-order chi connectivity index (χ1) is 7.22. The van der Waals surface area contributed by atoms with Crippen LogP contribution in [0, 0.1) is 0 Å². The topological polar surface area (TPSA) is 69.4 Å². The van der Waals surface area contributed by atoms with Gasteiger partial charge >= 0.3 is 5.97 Å². The lowest BCUT2D eigenvalue weighted by Gasteiger charge is -2.05. The predicted octanol–water partition coefficient (Wildman–Crippen LogP) is 0.852. The summed E-state index contributed by atoms with van der Waals surface area (Å²) in [6.07, 6.45) is 1.51. The molecule has 2 rings (SSSR count). The van der Waals surface area contributed by atoms with E-state index < -0.39 is 0 Å². The van der Waals surface area contributed by atoms with Gasteiger partial charge in [-0.3, -0.25) is 4.79 Å². The molecule has 0 N–H and O–H groups in total. The van der Waals surface area contributed by atoms with Crippen LogP contribution in [0.4, 0.5) is 0 Å². The minimum Gasteiger partial charge on any atom is -0.465 e. The second-order valence-corrected chi connectivity index (χ2v) is 3.96. The largest absolute Gasteiger partial charge is 0.465 e. The Labute approximate surface area is 89.9 Å². The summed E-state index contributed by atoms with van der Waals surface area (Å²) < 4.78 is 6.46. The van der Waals surface area contributed by atoms with Crippen LogP contribution in [0.25, 0.3) is 4.96 Å². The van der Waals surface area contributed by atoms with Gasteiger partial charge in [-0.1, -0.05) is 11.3 Å². The van der Waals surface area contributed by atoms with Crippen molar-refractivity contribution >= 4 is 22.3 Å². The third kappa shape index (κ3) is 1.82. The first-order valence-corrected chi connectivity index (χ1v) is 5.37. The highest BCUT2D eigenvalue weighted by atomic mass is 32.1. The Morgan fingerprint density at radius 3 is 3.20 bits per heavy atom.